The number of piperidine rings is 1. The van der Waals surface area contributed by atoms with E-state index in [0.29, 0.717) is 0 Å². The highest BCUT2D eigenvalue weighted by molar-refractivity contribution is 5.77. The molecular weight excluding hydrogens is 200 g/mol. The topological polar surface area (TPSA) is 86.6 Å². The molecule has 0 aromatic rings. The van der Waals surface area contributed by atoms with E-state index in [1.165, 1.54) is 0 Å². The minimum atomic E-state index is -3.39. The zero-order valence-corrected chi connectivity index (χ0v) is 7.04. The van der Waals surface area contributed by atoms with Gasteiger partial charge < -0.3 is 10.2 Å². The van der Waals surface area contributed by atoms with Gasteiger partial charge in [-0.25, -0.2) is 8.78 Å². The van der Waals surface area contributed by atoms with Crippen molar-refractivity contribution in [3.05, 3.63) is 0 Å². The number of aliphatic carboxylic acids is 2. The highest BCUT2D eigenvalue weighted by Gasteiger charge is 2.50. The zero-order valence-electron chi connectivity index (χ0n) is 7.04. The van der Waals surface area contributed by atoms with E-state index in [2.05, 4.69) is 5.32 Å². The normalized spacial score (nSPS) is 31.0. The number of rotatable bonds is 2. The van der Waals surface area contributed by atoms with E-state index < -0.39 is 42.8 Å². The van der Waals surface area contributed by atoms with Crippen LogP contribution in [0.1, 0.15) is 6.42 Å². The predicted molar refractivity (Wildman–Crippen MR) is 40.1 cm³/mol. The Morgan fingerprint density at radius 2 is 1.86 bits per heavy atom. The van der Waals surface area contributed by atoms with Crippen LogP contribution in [0.2, 0.25) is 0 Å². The molecule has 0 spiro atoms. The van der Waals surface area contributed by atoms with Crippen LogP contribution in [0.5, 0.6) is 0 Å². The summed E-state index contributed by atoms with van der Waals surface area (Å²) in [5.41, 5.74) is 0. The van der Waals surface area contributed by atoms with E-state index in [9.17, 15) is 18.4 Å². The minimum absolute atomic E-state index is 0.600. The van der Waals surface area contributed by atoms with Crippen molar-refractivity contribution >= 4 is 11.9 Å². The van der Waals surface area contributed by atoms with Crippen molar-refractivity contribution in [1.82, 2.24) is 5.32 Å². The Balaban J connectivity index is 2.77. The van der Waals surface area contributed by atoms with Gasteiger partial charge in [-0.05, 0) is 6.42 Å². The van der Waals surface area contributed by atoms with Crippen LogP contribution in [-0.4, -0.2) is 40.7 Å². The molecule has 0 saturated carbocycles. The maximum Gasteiger partial charge on any atom is 0.320 e. The van der Waals surface area contributed by atoms with Crippen molar-refractivity contribution in [1.29, 1.82) is 0 Å². The van der Waals surface area contributed by atoms with Crippen LogP contribution in [0, 0.1) is 5.92 Å². The summed E-state index contributed by atoms with van der Waals surface area (Å²) >= 11 is 0. The third-order valence-corrected chi connectivity index (χ3v) is 2.16. The van der Waals surface area contributed by atoms with Crippen LogP contribution in [0.15, 0.2) is 0 Å². The van der Waals surface area contributed by atoms with E-state index in [0.717, 1.165) is 0 Å². The van der Waals surface area contributed by atoms with E-state index >= 15 is 0 Å². The molecule has 1 saturated heterocycles. The van der Waals surface area contributed by atoms with Gasteiger partial charge in [-0.15, -0.1) is 0 Å². The van der Waals surface area contributed by atoms with E-state index in [1.807, 2.05) is 0 Å². The van der Waals surface area contributed by atoms with Crippen molar-refractivity contribution in [2.24, 2.45) is 5.92 Å². The van der Waals surface area contributed by atoms with Crippen LogP contribution >= 0.6 is 0 Å². The fourth-order valence-corrected chi connectivity index (χ4v) is 1.34. The second-order valence-corrected chi connectivity index (χ2v) is 3.16. The zero-order chi connectivity index (χ0) is 10.9. The summed E-state index contributed by atoms with van der Waals surface area (Å²) in [5.74, 6) is -8.29. The van der Waals surface area contributed by atoms with Gasteiger partial charge in [0, 0.05) is 0 Å². The molecule has 14 heavy (non-hydrogen) atoms. The largest absolute Gasteiger partial charge is 0.481 e. The molecule has 0 radical (unpaired) electrons. The van der Waals surface area contributed by atoms with Gasteiger partial charge in [-0.3, -0.25) is 14.9 Å². The molecule has 0 aliphatic carbocycles. The maximum absolute atomic E-state index is 12.9. The third-order valence-electron chi connectivity index (χ3n) is 2.16. The number of carboxylic acids is 2. The highest BCUT2D eigenvalue weighted by atomic mass is 19.3. The van der Waals surface area contributed by atoms with Crippen LogP contribution in [0.25, 0.3) is 0 Å². The lowest BCUT2D eigenvalue weighted by Gasteiger charge is -2.32. The SMILES string of the molecule is O=C(O)C1CC(C(=O)O)C(F)(F)CN1. The van der Waals surface area contributed by atoms with Gasteiger partial charge in [0.05, 0.1) is 6.54 Å². The highest BCUT2D eigenvalue weighted by Crippen LogP contribution is 2.31. The fraction of sp³-hybridized carbons (Fsp3) is 0.714. The standard InChI is InChI=1S/C7H9F2NO4/c8-7(9)2-10-4(6(13)14)1-3(7)5(11)12/h3-4,10H,1-2H2,(H,11,12)(H,13,14). The lowest BCUT2D eigenvalue weighted by molar-refractivity contribution is -0.164. The quantitative estimate of drug-likeness (QED) is 0.584. The van der Waals surface area contributed by atoms with Crippen LogP contribution in [0.4, 0.5) is 8.78 Å². The molecule has 0 bridgehead atoms. The Hall–Kier alpha value is -1.24. The number of hydrogen-bond donors (Lipinski definition) is 3. The molecule has 1 heterocycles. The first-order valence-electron chi connectivity index (χ1n) is 3.91. The van der Waals surface area contributed by atoms with E-state index in [4.69, 9.17) is 10.2 Å². The Labute approximate surface area is 77.7 Å². The number of carboxylic acid groups (broad SMARTS) is 2. The van der Waals surface area contributed by atoms with Crippen LogP contribution in [0.3, 0.4) is 0 Å². The second-order valence-electron chi connectivity index (χ2n) is 3.16. The average molecular weight is 209 g/mol. The Morgan fingerprint density at radius 1 is 1.29 bits per heavy atom. The van der Waals surface area contributed by atoms with Crippen molar-refractivity contribution < 1.29 is 28.6 Å². The molecule has 1 aliphatic rings. The van der Waals surface area contributed by atoms with Crippen molar-refractivity contribution in [2.45, 2.75) is 18.4 Å². The molecule has 7 heteroatoms. The average Bonchev–Trinajstić information content (AvgIpc) is 2.02. The second kappa shape index (κ2) is 3.49. The summed E-state index contributed by atoms with van der Waals surface area (Å²) < 4.78 is 25.8. The fourth-order valence-electron chi connectivity index (χ4n) is 1.34. The summed E-state index contributed by atoms with van der Waals surface area (Å²) in [4.78, 5) is 20.9. The summed E-state index contributed by atoms with van der Waals surface area (Å²) in [6.07, 6.45) is -0.600. The van der Waals surface area contributed by atoms with Gasteiger partial charge in [-0.2, -0.15) is 0 Å². The Morgan fingerprint density at radius 3 is 2.29 bits per heavy atom. The van der Waals surface area contributed by atoms with E-state index in [-0.39, 0.29) is 0 Å². The molecule has 1 rings (SSSR count). The molecule has 80 valence electrons. The monoisotopic (exact) mass is 209 g/mol. The molecule has 2 unspecified atom stereocenters. The molecule has 5 nitrogen and oxygen atoms in total. The molecular formula is C7H9F2NO4. The van der Waals surface area contributed by atoms with Gasteiger partial charge in [0.25, 0.3) is 5.92 Å². The summed E-state index contributed by atoms with van der Waals surface area (Å²) in [5, 5.41) is 19.1. The van der Waals surface area contributed by atoms with Crippen LogP contribution in [-0.2, 0) is 9.59 Å². The van der Waals surface area contributed by atoms with E-state index in [1.54, 1.807) is 0 Å². The lowest BCUT2D eigenvalue weighted by atomic mass is 9.89. The van der Waals surface area contributed by atoms with Gasteiger partial charge in [-0.1, -0.05) is 0 Å². The van der Waals surface area contributed by atoms with Gasteiger partial charge in [0.15, 0.2) is 0 Å². The molecule has 0 aromatic heterocycles. The Kier molecular flexibility index (Phi) is 2.70. The first kappa shape index (κ1) is 10.8. The molecule has 1 fully saturated rings. The molecule has 1 aliphatic heterocycles. The maximum atomic E-state index is 12.9. The molecule has 3 N–H and O–H groups in total. The summed E-state index contributed by atoms with van der Waals surface area (Å²) in [6.45, 7) is -0.916. The van der Waals surface area contributed by atoms with Crippen LogP contribution < -0.4 is 5.32 Å². The number of carbonyl (C=O) groups is 2. The van der Waals surface area contributed by atoms with Gasteiger partial charge in [0.1, 0.15) is 12.0 Å². The minimum Gasteiger partial charge on any atom is -0.481 e. The Bertz CT molecular complexity index is 268. The lowest BCUT2D eigenvalue weighted by Crippen LogP contribution is -2.56. The third kappa shape index (κ3) is 1.98. The number of nitrogens with one attached hydrogen (secondary N) is 1. The first-order chi connectivity index (χ1) is 6.34. The van der Waals surface area contributed by atoms with Gasteiger partial charge in [0.2, 0.25) is 0 Å². The molecule has 2 atom stereocenters. The smallest absolute Gasteiger partial charge is 0.320 e. The first-order valence-corrected chi connectivity index (χ1v) is 3.91. The summed E-state index contributed by atoms with van der Waals surface area (Å²) in [6, 6.07) is -1.21. The number of halogens is 2. The molecule has 0 amide bonds. The van der Waals surface area contributed by atoms with Gasteiger partial charge >= 0.3 is 11.9 Å². The number of alkyl halides is 2. The molecule has 0 aromatic carbocycles. The predicted octanol–water partition coefficient (Wildman–Crippen LogP) is -0.231. The van der Waals surface area contributed by atoms with Crippen molar-refractivity contribution in [2.75, 3.05) is 6.54 Å². The van der Waals surface area contributed by atoms with Crippen molar-refractivity contribution in [3.63, 3.8) is 0 Å². The summed E-state index contributed by atoms with van der Waals surface area (Å²) in [7, 11) is 0. The van der Waals surface area contributed by atoms with Crippen molar-refractivity contribution in [3.8, 4) is 0 Å². The number of hydrogen-bond acceptors (Lipinski definition) is 3.